The number of nitrogens with zero attached hydrogens (tertiary/aromatic N) is 3. The minimum atomic E-state index is -0.636. The first kappa shape index (κ1) is 19.6. The van der Waals surface area contributed by atoms with Crippen molar-refractivity contribution in [2.45, 2.75) is 18.8 Å². The first-order valence-corrected chi connectivity index (χ1v) is 10.8. The number of halogens is 1. The molecule has 0 saturated carbocycles. The van der Waals surface area contributed by atoms with Gasteiger partial charge < -0.3 is 9.32 Å². The van der Waals surface area contributed by atoms with Crippen molar-refractivity contribution in [3.05, 3.63) is 81.4 Å². The second kappa shape index (κ2) is 8.03. The molecule has 4 aromatic rings. The number of benzene rings is 2. The minimum Gasteiger partial charge on any atom is -0.422 e. The number of amides is 1. The molecule has 0 bridgehead atoms. The van der Waals surface area contributed by atoms with Gasteiger partial charge in [-0.1, -0.05) is 41.7 Å². The molecule has 1 aliphatic rings. The van der Waals surface area contributed by atoms with Gasteiger partial charge in [0.05, 0.1) is 0 Å². The molecule has 31 heavy (non-hydrogen) atoms. The summed E-state index contributed by atoms with van der Waals surface area (Å²) in [5, 5.41) is 10.4. The maximum absolute atomic E-state index is 14.1. The summed E-state index contributed by atoms with van der Waals surface area (Å²) in [7, 11) is 0. The van der Waals surface area contributed by atoms with Gasteiger partial charge in [0, 0.05) is 30.0 Å². The fraction of sp³-hybridized carbons (Fsp3) is 0.217. The Kier molecular flexibility index (Phi) is 5.07. The summed E-state index contributed by atoms with van der Waals surface area (Å²) in [5.41, 5.74) is 0.270. The molecule has 1 unspecified atom stereocenters. The van der Waals surface area contributed by atoms with E-state index >= 15 is 0 Å². The van der Waals surface area contributed by atoms with Gasteiger partial charge >= 0.3 is 5.63 Å². The topological polar surface area (TPSA) is 76.3 Å². The Morgan fingerprint density at radius 1 is 1.13 bits per heavy atom. The lowest BCUT2D eigenvalue weighted by atomic mass is 9.98. The second-order valence-electron chi connectivity index (χ2n) is 7.50. The zero-order valence-corrected chi connectivity index (χ0v) is 17.3. The van der Waals surface area contributed by atoms with E-state index in [1.54, 1.807) is 47.4 Å². The summed E-state index contributed by atoms with van der Waals surface area (Å²) in [6.07, 6.45) is 1.63. The van der Waals surface area contributed by atoms with Crippen molar-refractivity contribution in [2.75, 3.05) is 13.1 Å². The summed E-state index contributed by atoms with van der Waals surface area (Å²) < 4.78 is 19.4. The summed E-state index contributed by atoms with van der Waals surface area (Å²) in [6, 6.07) is 15.2. The maximum atomic E-state index is 14.1. The van der Waals surface area contributed by atoms with E-state index in [0.29, 0.717) is 34.6 Å². The SMILES string of the molecule is O=C(c1cc2ccccc2oc1=O)N1CCCC(c2nnc(-c3ccccc3F)s2)C1. The number of carbonyl (C=O) groups is 1. The third kappa shape index (κ3) is 3.74. The number of aromatic nitrogens is 2. The zero-order chi connectivity index (χ0) is 21.4. The lowest BCUT2D eigenvalue weighted by molar-refractivity contribution is 0.0702. The van der Waals surface area contributed by atoms with Crippen molar-refractivity contribution in [1.29, 1.82) is 0 Å². The molecule has 0 spiro atoms. The van der Waals surface area contributed by atoms with Gasteiger partial charge in [-0.3, -0.25) is 4.79 Å². The Labute approximate surface area is 181 Å². The average Bonchev–Trinajstić information content (AvgIpc) is 3.29. The summed E-state index contributed by atoms with van der Waals surface area (Å²) >= 11 is 1.34. The fourth-order valence-electron chi connectivity index (χ4n) is 3.89. The Balaban J connectivity index is 1.39. The molecule has 0 aliphatic carbocycles. The third-order valence-corrected chi connectivity index (χ3v) is 6.59. The van der Waals surface area contributed by atoms with Gasteiger partial charge in [0.15, 0.2) is 5.01 Å². The molecule has 1 amide bonds. The number of piperidine rings is 1. The van der Waals surface area contributed by atoms with Gasteiger partial charge in [-0.05, 0) is 37.1 Å². The molecule has 1 aliphatic heterocycles. The molecule has 156 valence electrons. The zero-order valence-electron chi connectivity index (χ0n) is 16.5. The highest BCUT2D eigenvalue weighted by atomic mass is 32.1. The van der Waals surface area contributed by atoms with E-state index in [9.17, 15) is 14.0 Å². The van der Waals surface area contributed by atoms with E-state index < -0.39 is 5.63 Å². The van der Waals surface area contributed by atoms with Crippen LogP contribution < -0.4 is 5.63 Å². The number of hydrogen-bond acceptors (Lipinski definition) is 6. The Hall–Kier alpha value is -3.39. The second-order valence-corrected chi connectivity index (χ2v) is 8.51. The summed E-state index contributed by atoms with van der Waals surface area (Å²) in [6.45, 7) is 0.984. The highest BCUT2D eigenvalue weighted by Crippen LogP contribution is 2.33. The number of likely N-dealkylation sites (tertiary alicyclic amines) is 1. The van der Waals surface area contributed by atoms with E-state index in [4.69, 9.17) is 4.42 Å². The van der Waals surface area contributed by atoms with Crippen LogP contribution in [0, 0.1) is 5.82 Å². The van der Waals surface area contributed by atoms with Gasteiger partial charge in [0.25, 0.3) is 5.91 Å². The van der Waals surface area contributed by atoms with E-state index in [1.165, 1.54) is 17.4 Å². The molecule has 2 aromatic heterocycles. The number of para-hydroxylation sites is 1. The first-order valence-electron chi connectivity index (χ1n) is 10.0. The van der Waals surface area contributed by atoms with E-state index in [2.05, 4.69) is 10.2 Å². The molecule has 1 saturated heterocycles. The lowest BCUT2D eigenvalue weighted by Crippen LogP contribution is -2.40. The van der Waals surface area contributed by atoms with Crippen molar-refractivity contribution in [3.63, 3.8) is 0 Å². The van der Waals surface area contributed by atoms with Gasteiger partial charge in [0.2, 0.25) is 0 Å². The fourth-order valence-corrected chi connectivity index (χ4v) is 4.88. The molecular weight excluding hydrogens is 417 g/mol. The number of fused-ring (bicyclic) bond motifs is 1. The molecule has 0 radical (unpaired) electrons. The van der Waals surface area contributed by atoms with Crippen molar-refractivity contribution < 1.29 is 13.6 Å². The van der Waals surface area contributed by atoms with Crippen LogP contribution in [0.25, 0.3) is 21.5 Å². The normalized spacial score (nSPS) is 16.5. The molecule has 1 fully saturated rings. The van der Waals surface area contributed by atoms with E-state index in [-0.39, 0.29) is 23.2 Å². The minimum absolute atomic E-state index is 0.0109. The molecule has 1 atom stereocenters. The van der Waals surface area contributed by atoms with Crippen LogP contribution in [0.15, 0.2) is 63.8 Å². The van der Waals surface area contributed by atoms with Gasteiger partial charge in [0.1, 0.15) is 22.0 Å². The van der Waals surface area contributed by atoms with Gasteiger partial charge in [-0.25, -0.2) is 9.18 Å². The average molecular weight is 435 g/mol. The molecule has 2 aromatic carbocycles. The van der Waals surface area contributed by atoms with Crippen LogP contribution >= 0.6 is 11.3 Å². The molecular formula is C23H18FN3O3S. The standard InChI is InChI=1S/C23H18FN3O3S/c24-18-9-3-2-8-16(18)21-26-25-20(31-21)15-7-5-11-27(13-15)22(28)17-12-14-6-1-4-10-19(14)30-23(17)29/h1-4,6,8-10,12,15H,5,7,11,13H2. The Morgan fingerprint density at radius 2 is 1.94 bits per heavy atom. The highest BCUT2D eigenvalue weighted by molar-refractivity contribution is 7.14. The molecule has 8 heteroatoms. The molecule has 0 N–H and O–H groups in total. The molecule has 6 nitrogen and oxygen atoms in total. The van der Waals surface area contributed by atoms with Gasteiger partial charge in [-0.2, -0.15) is 0 Å². The maximum Gasteiger partial charge on any atom is 0.349 e. The van der Waals surface area contributed by atoms with Crippen LogP contribution in [0.4, 0.5) is 4.39 Å². The summed E-state index contributed by atoms with van der Waals surface area (Å²) in [5.74, 6) is -0.694. The Morgan fingerprint density at radius 3 is 2.81 bits per heavy atom. The predicted molar refractivity (Wildman–Crippen MR) is 116 cm³/mol. The smallest absolute Gasteiger partial charge is 0.349 e. The summed E-state index contributed by atoms with van der Waals surface area (Å²) in [4.78, 5) is 27.2. The van der Waals surface area contributed by atoms with Gasteiger partial charge in [-0.15, -0.1) is 10.2 Å². The van der Waals surface area contributed by atoms with Crippen LogP contribution in [0.3, 0.4) is 0 Å². The largest absolute Gasteiger partial charge is 0.422 e. The van der Waals surface area contributed by atoms with Crippen LogP contribution in [0.5, 0.6) is 0 Å². The number of hydrogen-bond donors (Lipinski definition) is 0. The molecule has 5 rings (SSSR count). The quantitative estimate of drug-likeness (QED) is 0.444. The van der Waals surface area contributed by atoms with Crippen molar-refractivity contribution in [1.82, 2.24) is 15.1 Å². The monoisotopic (exact) mass is 435 g/mol. The van der Waals surface area contributed by atoms with Crippen molar-refractivity contribution >= 4 is 28.2 Å². The van der Waals surface area contributed by atoms with E-state index in [1.807, 2.05) is 6.07 Å². The van der Waals surface area contributed by atoms with Crippen LogP contribution in [-0.2, 0) is 0 Å². The predicted octanol–water partition coefficient (Wildman–Crippen LogP) is 4.47. The van der Waals surface area contributed by atoms with Crippen LogP contribution in [-0.4, -0.2) is 34.1 Å². The molecule has 3 heterocycles. The highest BCUT2D eigenvalue weighted by Gasteiger charge is 2.29. The lowest BCUT2D eigenvalue weighted by Gasteiger charge is -2.31. The van der Waals surface area contributed by atoms with Crippen LogP contribution in [0.1, 0.15) is 34.1 Å². The van der Waals surface area contributed by atoms with Crippen molar-refractivity contribution in [3.8, 4) is 10.6 Å². The number of carbonyl (C=O) groups excluding carboxylic acids is 1. The van der Waals surface area contributed by atoms with Crippen molar-refractivity contribution in [2.24, 2.45) is 0 Å². The number of rotatable bonds is 3. The first-order chi connectivity index (χ1) is 15.1. The third-order valence-electron chi connectivity index (χ3n) is 5.47. The van der Waals surface area contributed by atoms with E-state index in [0.717, 1.165) is 17.8 Å². The Bertz CT molecular complexity index is 1330. The van der Waals surface area contributed by atoms with Crippen LogP contribution in [0.2, 0.25) is 0 Å².